The van der Waals surface area contributed by atoms with Gasteiger partial charge in [0.05, 0.1) is 6.54 Å². The first kappa shape index (κ1) is 29.9. The molecule has 3 N–H and O–H groups in total. The van der Waals surface area contributed by atoms with Gasteiger partial charge in [-0.15, -0.1) is 24.0 Å². The van der Waals surface area contributed by atoms with Gasteiger partial charge in [-0.25, -0.2) is 4.99 Å². The summed E-state index contributed by atoms with van der Waals surface area (Å²) in [7, 11) is 2.17. The van der Waals surface area contributed by atoms with Gasteiger partial charge in [0.2, 0.25) is 0 Å². The monoisotopic (exact) mass is 576 g/mol. The third kappa shape index (κ3) is 12.2. The summed E-state index contributed by atoms with van der Waals surface area (Å²) in [6, 6.07) is 8.79. The van der Waals surface area contributed by atoms with Crippen LogP contribution in [0, 0.1) is 5.92 Å². The van der Waals surface area contributed by atoms with E-state index in [2.05, 4.69) is 48.6 Å². The van der Waals surface area contributed by atoms with Crippen LogP contribution in [0.1, 0.15) is 51.5 Å². The second kappa shape index (κ2) is 18.3. The van der Waals surface area contributed by atoms with Gasteiger partial charge in [0.25, 0.3) is 0 Å². The minimum Gasteiger partial charge on any atom is -0.492 e. The molecule has 2 rings (SSSR count). The molecule has 1 aliphatic rings. The molecule has 1 unspecified atom stereocenters. The molecule has 0 aromatic heterocycles. The smallest absolute Gasteiger partial charge is 0.191 e. The molecule has 0 bridgehead atoms. The number of nitrogens with one attached hydrogen (secondary N) is 2. The van der Waals surface area contributed by atoms with Crippen LogP contribution in [-0.4, -0.2) is 75.1 Å². The number of benzene rings is 1. The van der Waals surface area contributed by atoms with Gasteiger partial charge in [-0.3, -0.25) is 4.90 Å². The van der Waals surface area contributed by atoms with Crippen molar-refractivity contribution in [3.05, 3.63) is 29.8 Å². The van der Waals surface area contributed by atoms with E-state index in [1.807, 2.05) is 12.1 Å². The van der Waals surface area contributed by atoms with Gasteiger partial charge in [0.1, 0.15) is 12.4 Å². The zero-order chi connectivity index (χ0) is 23.0. The van der Waals surface area contributed by atoms with E-state index in [-0.39, 0.29) is 30.6 Å². The topological polar surface area (TPSA) is 78.3 Å². The maximum atomic E-state index is 9.27. The van der Waals surface area contributed by atoms with Crippen molar-refractivity contribution in [2.45, 2.75) is 58.5 Å². The van der Waals surface area contributed by atoms with Crippen LogP contribution in [0.25, 0.3) is 0 Å². The third-order valence-electron chi connectivity index (χ3n) is 5.98. The number of likely N-dealkylation sites (N-methyl/N-ethyl adjacent to an activating group) is 1. The predicted molar refractivity (Wildman–Crippen MR) is 147 cm³/mol. The second-order valence-electron chi connectivity index (χ2n) is 8.56. The number of halogens is 1. The Kier molecular flexibility index (Phi) is 16.6. The minimum absolute atomic E-state index is 0. The summed E-state index contributed by atoms with van der Waals surface area (Å²) in [5.74, 6) is 2.17. The molecule has 1 fully saturated rings. The molecule has 1 aromatic rings. The van der Waals surface area contributed by atoms with E-state index in [0.29, 0.717) is 25.1 Å². The fourth-order valence-corrected chi connectivity index (χ4v) is 4.04. The van der Waals surface area contributed by atoms with Crippen LogP contribution >= 0.6 is 24.0 Å². The van der Waals surface area contributed by atoms with Crippen molar-refractivity contribution in [1.29, 1.82) is 0 Å². The summed E-state index contributed by atoms with van der Waals surface area (Å²) >= 11 is 0. The summed E-state index contributed by atoms with van der Waals surface area (Å²) < 4.78 is 11.5. The van der Waals surface area contributed by atoms with Gasteiger partial charge >= 0.3 is 0 Å². The molecular weight excluding hydrogens is 531 g/mol. The molecule has 1 atom stereocenters. The Labute approximate surface area is 217 Å². The lowest BCUT2D eigenvalue weighted by Crippen LogP contribution is -2.40. The van der Waals surface area contributed by atoms with Gasteiger partial charge in [0, 0.05) is 45.5 Å². The van der Waals surface area contributed by atoms with Crippen molar-refractivity contribution in [3.8, 4) is 5.75 Å². The fourth-order valence-electron chi connectivity index (χ4n) is 4.04. The van der Waals surface area contributed by atoms with Crippen molar-refractivity contribution in [1.82, 2.24) is 15.5 Å². The van der Waals surface area contributed by atoms with Crippen LogP contribution in [0.15, 0.2) is 29.3 Å². The van der Waals surface area contributed by atoms with E-state index in [1.165, 1.54) is 0 Å². The highest BCUT2D eigenvalue weighted by molar-refractivity contribution is 14.0. The lowest BCUT2D eigenvalue weighted by molar-refractivity contribution is 0.0392. The van der Waals surface area contributed by atoms with Gasteiger partial charge in [0.15, 0.2) is 5.96 Å². The molecule has 0 amide bonds. The van der Waals surface area contributed by atoms with Crippen LogP contribution in [0.3, 0.4) is 0 Å². The number of aliphatic hydroxyl groups is 1. The highest BCUT2D eigenvalue weighted by atomic mass is 127. The number of guanidine groups is 1. The van der Waals surface area contributed by atoms with Gasteiger partial charge in [-0.1, -0.05) is 25.5 Å². The zero-order valence-corrected chi connectivity index (χ0v) is 23.1. The average Bonchev–Trinajstić information content (AvgIpc) is 2.82. The van der Waals surface area contributed by atoms with Crippen LogP contribution in [0.4, 0.5) is 0 Å². The zero-order valence-electron chi connectivity index (χ0n) is 20.7. The molecule has 0 aliphatic carbocycles. The molecule has 1 aliphatic heterocycles. The van der Waals surface area contributed by atoms with E-state index in [0.717, 1.165) is 82.2 Å². The van der Waals surface area contributed by atoms with Gasteiger partial charge < -0.3 is 25.2 Å². The molecule has 1 saturated heterocycles. The van der Waals surface area contributed by atoms with Crippen molar-refractivity contribution in [2.75, 3.05) is 53.1 Å². The molecule has 33 heavy (non-hydrogen) atoms. The highest BCUT2D eigenvalue weighted by Gasteiger charge is 2.18. The van der Waals surface area contributed by atoms with E-state index >= 15 is 0 Å². The first-order chi connectivity index (χ1) is 15.7. The molecule has 1 aromatic carbocycles. The molecule has 7 nitrogen and oxygen atoms in total. The number of rotatable bonds is 14. The van der Waals surface area contributed by atoms with E-state index in [1.54, 1.807) is 0 Å². The van der Waals surface area contributed by atoms with E-state index in [4.69, 9.17) is 14.5 Å². The van der Waals surface area contributed by atoms with Crippen LogP contribution in [0.2, 0.25) is 0 Å². The average molecular weight is 577 g/mol. The molecule has 8 heteroatoms. The summed E-state index contributed by atoms with van der Waals surface area (Å²) in [6.07, 6.45) is 5.26. The first-order valence-electron chi connectivity index (χ1n) is 12.3. The van der Waals surface area contributed by atoms with Crippen molar-refractivity contribution in [3.63, 3.8) is 0 Å². The Balaban J connectivity index is 0.00000544. The van der Waals surface area contributed by atoms with Crippen molar-refractivity contribution < 1.29 is 14.6 Å². The summed E-state index contributed by atoms with van der Waals surface area (Å²) in [5, 5.41) is 16.0. The third-order valence-corrected chi connectivity index (χ3v) is 5.98. The summed E-state index contributed by atoms with van der Waals surface area (Å²) in [5.41, 5.74) is 1.12. The largest absolute Gasteiger partial charge is 0.492 e. The number of hydrogen-bond donors (Lipinski definition) is 3. The van der Waals surface area contributed by atoms with Crippen LogP contribution < -0.4 is 15.4 Å². The number of aliphatic hydroxyl groups excluding tert-OH is 1. The SMILES string of the molecule is CCCC(CCO)CNC(=NCc1cccc(OCCN(C)C2CCOCC2)c1)NCC.I. The lowest BCUT2D eigenvalue weighted by Gasteiger charge is -2.31. The quantitative estimate of drug-likeness (QED) is 0.178. The van der Waals surface area contributed by atoms with E-state index in [9.17, 15) is 5.11 Å². The Bertz CT molecular complexity index is 650. The molecule has 0 spiro atoms. The van der Waals surface area contributed by atoms with E-state index < -0.39 is 0 Å². The molecule has 0 saturated carbocycles. The number of hydrogen-bond acceptors (Lipinski definition) is 5. The number of nitrogens with zero attached hydrogens (tertiary/aromatic N) is 2. The summed E-state index contributed by atoms with van der Waals surface area (Å²) in [6.45, 7) is 10.0. The molecule has 190 valence electrons. The Morgan fingerprint density at radius 1 is 1.24 bits per heavy atom. The maximum Gasteiger partial charge on any atom is 0.191 e. The van der Waals surface area contributed by atoms with Gasteiger partial charge in [-0.2, -0.15) is 0 Å². The van der Waals surface area contributed by atoms with Crippen molar-refractivity contribution in [2.24, 2.45) is 10.9 Å². The number of ether oxygens (including phenoxy) is 2. The first-order valence-corrected chi connectivity index (χ1v) is 12.3. The van der Waals surface area contributed by atoms with Crippen molar-refractivity contribution >= 4 is 29.9 Å². The number of aliphatic imine (C=N–C) groups is 1. The second-order valence-corrected chi connectivity index (χ2v) is 8.56. The normalized spacial score (nSPS) is 15.7. The molecule has 0 radical (unpaired) electrons. The lowest BCUT2D eigenvalue weighted by atomic mass is 10.0. The Morgan fingerprint density at radius 3 is 2.73 bits per heavy atom. The standard InChI is InChI=1S/C25H44N4O3.HI/c1-4-7-21(10-14-30)19-27-25(26-5-2)28-20-22-8-6-9-24(18-22)32-17-13-29(3)23-11-15-31-16-12-23;/h6,8-9,18,21,23,30H,4-5,7,10-17,19-20H2,1-3H3,(H2,26,27,28);1H. The van der Waals surface area contributed by atoms with Gasteiger partial charge in [-0.05, 0) is 63.3 Å². The van der Waals surface area contributed by atoms with Crippen LogP contribution in [0.5, 0.6) is 5.75 Å². The predicted octanol–water partition coefficient (Wildman–Crippen LogP) is 3.65. The maximum absolute atomic E-state index is 9.27. The highest BCUT2D eigenvalue weighted by Crippen LogP contribution is 2.16. The molecule has 1 heterocycles. The Morgan fingerprint density at radius 2 is 2.03 bits per heavy atom. The summed E-state index contributed by atoms with van der Waals surface area (Å²) in [4.78, 5) is 7.13. The van der Waals surface area contributed by atoms with Crippen LogP contribution in [-0.2, 0) is 11.3 Å². The Hall–Kier alpha value is -1.10. The minimum atomic E-state index is 0. The fraction of sp³-hybridized carbons (Fsp3) is 0.720. The molecular formula is C25H45IN4O3.